The van der Waals surface area contributed by atoms with E-state index in [0.717, 1.165) is 48.5 Å². The van der Waals surface area contributed by atoms with Crippen molar-refractivity contribution >= 4 is 22.6 Å². The Labute approximate surface area is 159 Å². The van der Waals surface area contributed by atoms with Crippen LogP contribution in [0, 0.1) is 5.92 Å². The Morgan fingerprint density at radius 2 is 2.04 bits per heavy atom. The monoisotopic (exact) mass is 366 g/mol. The molecular weight excluding hydrogens is 340 g/mol. The lowest BCUT2D eigenvalue weighted by molar-refractivity contribution is -0.132. The molecule has 27 heavy (non-hydrogen) atoms. The molecule has 0 spiro atoms. The zero-order valence-corrected chi connectivity index (χ0v) is 16.1. The minimum Gasteiger partial charge on any atom is -0.367 e. The number of aromatic amines is 1. The van der Waals surface area contributed by atoms with Crippen molar-refractivity contribution in [2.45, 2.75) is 20.3 Å². The summed E-state index contributed by atoms with van der Waals surface area (Å²) in [5, 5.41) is 5.36. The highest BCUT2D eigenvalue weighted by Gasteiger charge is 2.23. The van der Waals surface area contributed by atoms with Gasteiger partial charge in [0.1, 0.15) is 5.65 Å². The smallest absolute Gasteiger partial charge is 0.222 e. The van der Waals surface area contributed by atoms with Gasteiger partial charge in [0, 0.05) is 68.7 Å². The fourth-order valence-corrected chi connectivity index (χ4v) is 3.68. The lowest BCUT2D eigenvalue weighted by Crippen LogP contribution is -2.49. The topological polar surface area (TPSA) is 70.1 Å². The highest BCUT2D eigenvalue weighted by Crippen LogP contribution is 2.30. The van der Waals surface area contributed by atoms with Crippen molar-refractivity contribution in [3.8, 4) is 11.3 Å². The molecule has 7 heteroatoms. The van der Waals surface area contributed by atoms with E-state index in [1.54, 1.807) is 4.68 Å². The summed E-state index contributed by atoms with van der Waals surface area (Å²) in [5.41, 5.74) is 4.11. The van der Waals surface area contributed by atoms with Gasteiger partial charge in [0.2, 0.25) is 5.91 Å². The van der Waals surface area contributed by atoms with Gasteiger partial charge in [-0.05, 0) is 18.1 Å². The average Bonchev–Trinajstić information content (AvgIpc) is 3.27. The first-order chi connectivity index (χ1) is 13.0. The SMILES string of the molecule is CC(C)CC(=O)N1CCN(c2ccnc3[nH]c(-c4cnn(C)c4)cc23)CC1. The van der Waals surface area contributed by atoms with Crippen molar-refractivity contribution in [2.75, 3.05) is 31.1 Å². The van der Waals surface area contributed by atoms with Crippen molar-refractivity contribution in [1.29, 1.82) is 0 Å². The maximum absolute atomic E-state index is 12.3. The molecule has 0 saturated carbocycles. The fourth-order valence-electron chi connectivity index (χ4n) is 3.68. The number of piperazine rings is 1. The number of pyridine rings is 1. The highest BCUT2D eigenvalue weighted by atomic mass is 16.2. The second-order valence-electron chi connectivity index (χ2n) is 7.64. The second kappa shape index (κ2) is 7.06. The fraction of sp³-hybridized carbons (Fsp3) is 0.450. The van der Waals surface area contributed by atoms with Crippen LogP contribution in [0.4, 0.5) is 5.69 Å². The van der Waals surface area contributed by atoms with E-state index in [1.807, 2.05) is 30.5 Å². The van der Waals surface area contributed by atoms with E-state index in [4.69, 9.17) is 0 Å². The van der Waals surface area contributed by atoms with Crippen molar-refractivity contribution in [3.63, 3.8) is 0 Å². The van der Waals surface area contributed by atoms with Gasteiger partial charge in [0.25, 0.3) is 0 Å². The van der Waals surface area contributed by atoms with Gasteiger partial charge in [-0.1, -0.05) is 13.8 Å². The summed E-state index contributed by atoms with van der Waals surface area (Å²) in [4.78, 5) is 24.5. The third kappa shape index (κ3) is 3.54. The Kier molecular flexibility index (Phi) is 4.59. The van der Waals surface area contributed by atoms with Gasteiger partial charge in [0.15, 0.2) is 0 Å². The van der Waals surface area contributed by atoms with E-state index in [9.17, 15) is 4.79 Å². The largest absolute Gasteiger partial charge is 0.367 e. The first kappa shape index (κ1) is 17.6. The Bertz CT molecular complexity index is 948. The molecular formula is C20H26N6O. The summed E-state index contributed by atoms with van der Waals surface area (Å²) in [6, 6.07) is 4.21. The van der Waals surface area contributed by atoms with Crippen LogP contribution < -0.4 is 4.90 Å². The first-order valence-electron chi connectivity index (χ1n) is 9.50. The van der Waals surface area contributed by atoms with Crippen molar-refractivity contribution in [1.82, 2.24) is 24.6 Å². The number of anilines is 1. The molecule has 1 fully saturated rings. The van der Waals surface area contributed by atoms with Crippen LogP contribution in [0.2, 0.25) is 0 Å². The number of aromatic nitrogens is 4. The van der Waals surface area contributed by atoms with Gasteiger partial charge >= 0.3 is 0 Å². The van der Waals surface area contributed by atoms with E-state index < -0.39 is 0 Å². The summed E-state index contributed by atoms with van der Waals surface area (Å²) < 4.78 is 1.79. The van der Waals surface area contributed by atoms with Crippen LogP contribution in [-0.4, -0.2) is 56.7 Å². The molecule has 1 saturated heterocycles. The van der Waals surface area contributed by atoms with E-state index in [1.165, 1.54) is 5.69 Å². The molecule has 0 bridgehead atoms. The second-order valence-corrected chi connectivity index (χ2v) is 7.64. The first-order valence-corrected chi connectivity index (χ1v) is 9.50. The van der Waals surface area contributed by atoms with Crippen molar-refractivity contribution < 1.29 is 4.79 Å². The summed E-state index contributed by atoms with van der Waals surface area (Å²) >= 11 is 0. The molecule has 1 aliphatic heterocycles. The Morgan fingerprint density at radius 1 is 1.26 bits per heavy atom. The summed E-state index contributed by atoms with van der Waals surface area (Å²) in [6.07, 6.45) is 6.32. The number of hydrogen-bond donors (Lipinski definition) is 1. The number of carbonyl (C=O) groups is 1. The molecule has 1 aliphatic rings. The van der Waals surface area contributed by atoms with Crippen molar-refractivity contribution in [3.05, 3.63) is 30.7 Å². The van der Waals surface area contributed by atoms with Crippen LogP contribution >= 0.6 is 0 Å². The number of nitrogens with one attached hydrogen (secondary N) is 1. The maximum Gasteiger partial charge on any atom is 0.222 e. The number of nitrogens with zero attached hydrogens (tertiary/aromatic N) is 5. The number of fused-ring (bicyclic) bond motifs is 1. The summed E-state index contributed by atoms with van der Waals surface area (Å²) in [6.45, 7) is 7.42. The standard InChI is InChI=1S/C20H26N6O/c1-14(2)10-19(27)26-8-6-25(7-9-26)18-4-5-21-20-16(18)11-17(23-20)15-12-22-24(3)13-15/h4-5,11-14H,6-10H2,1-3H3,(H,21,23). The number of carbonyl (C=O) groups excluding carboxylic acids is 1. The Morgan fingerprint density at radius 3 is 2.70 bits per heavy atom. The van der Waals surface area contributed by atoms with E-state index >= 15 is 0 Å². The predicted octanol–water partition coefficient (Wildman–Crippen LogP) is 2.66. The van der Waals surface area contributed by atoms with Gasteiger partial charge in [0.05, 0.1) is 11.9 Å². The molecule has 0 aromatic carbocycles. The van der Waals surface area contributed by atoms with Gasteiger partial charge in [-0.3, -0.25) is 9.48 Å². The number of rotatable bonds is 4. The quantitative estimate of drug-likeness (QED) is 0.771. The molecule has 7 nitrogen and oxygen atoms in total. The van der Waals surface area contributed by atoms with Crippen LogP contribution in [0.15, 0.2) is 30.7 Å². The number of H-pyrrole nitrogens is 1. The molecule has 3 aromatic heterocycles. The molecule has 4 heterocycles. The third-order valence-corrected chi connectivity index (χ3v) is 5.08. The predicted molar refractivity (Wildman–Crippen MR) is 107 cm³/mol. The summed E-state index contributed by atoms with van der Waals surface area (Å²) in [7, 11) is 1.91. The Hall–Kier alpha value is -2.83. The third-order valence-electron chi connectivity index (χ3n) is 5.08. The normalized spacial score (nSPS) is 15.1. The number of amides is 1. The number of hydrogen-bond acceptors (Lipinski definition) is 4. The summed E-state index contributed by atoms with van der Waals surface area (Å²) in [5.74, 6) is 0.672. The van der Waals surface area contributed by atoms with Crippen LogP contribution in [0.1, 0.15) is 20.3 Å². The molecule has 142 valence electrons. The van der Waals surface area contributed by atoms with E-state index in [-0.39, 0.29) is 5.91 Å². The highest BCUT2D eigenvalue weighted by molar-refractivity contribution is 5.93. The molecule has 4 rings (SSSR count). The zero-order valence-electron chi connectivity index (χ0n) is 16.1. The molecule has 0 atom stereocenters. The maximum atomic E-state index is 12.3. The van der Waals surface area contributed by atoms with Crippen LogP contribution in [-0.2, 0) is 11.8 Å². The molecule has 0 aliphatic carbocycles. The molecule has 1 amide bonds. The molecule has 0 radical (unpaired) electrons. The van der Waals surface area contributed by atoms with Crippen LogP contribution in [0.5, 0.6) is 0 Å². The zero-order chi connectivity index (χ0) is 19.0. The minimum atomic E-state index is 0.269. The van der Waals surface area contributed by atoms with Crippen LogP contribution in [0.25, 0.3) is 22.3 Å². The van der Waals surface area contributed by atoms with Gasteiger partial charge in [-0.25, -0.2) is 4.98 Å². The number of aryl methyl sites for hydroxylation is 1. The molecule has 0 unspecified atom stereocenters. The van der Waals surface area contributed by atoms with E-state index in [0.29, 0.717) is 12.3 Å². The lowest BCUT2D eigenvalue weighted by Gasteiger charge is -2.36. The lowest BCUT2D eigenvalue weighted by atomic mass is 10.1. The Balaban J connectivity index is 1.54. The van der Waals surface area contributed by atoms with Gasteiger partial charge in [-0.15, -0.1) is 0 Å². The minimum absolute atomic E-state index is 0.269. The van der Waals surface area contributed by atoms with Gasteiger partial charge < -0.3 is 14.8 Å². The van der Waals surface area contributed by atoms with Crippen LogP contribution in [0.3, 0.4) is 0 Å². The van der Waals surface area contributed by atoms with E-state index in [2.05, 4.69) is 45.9 Å². The average molecular weight is 366 g/mol. The molecule has 3 aromatic rings. The molecule has 1 N–H and O–H groups in total. The van der Waals surface area contributed by atoms with Gasteiger partial charge in [-0.2, -0.15) is 5.10 Å². The van der Waals surface area contributed by atoms with Crippen molar-refractivity contribution in [2.24, 2.45) is 13.0 Å².